The van der Waals surface area contributed by atoms with Gasteiger partial charge in [-0.15, -0.1) is 20.5 Å². The molecule has 0 fully saturated rings. The molecule has 4 N–H and O–H groups in total. The van der Waals surface area contributed by atoms with Crippen LogP contribution in [-0.4, -0.2) is 105 Å². The standard InChI is InChI=1S/2C17H13N3O6S.Ba/c2*1-10-5-7-12(13(9-10)20(22)23)18-19-17-14(21)8-6-11-3-2-4-15(16(11)17)27(24,25)26;/h2*2-9H,1H3,(H2-,18,21,22,23,24,25,26);/q;;+2. The number of aryl methyl sites for hydroxylation is 2. The molecule has 0 aliphatic heterocycles. The summed E-state index contributed by atoms with van der Waals surface area (Å²) in [6.45, 7) is 3.41. The van der Waals surface area contributed by atoms with Crippen LogP contribution in [0.25, 0.3) is 21.5 Å². The summed E-state index contributed by atoms with van der Waals surface area (Å²) < 4.78 is 69.5. The molecule has 0 atom stereocenters. The molecule has 6 aromatic rings. The molecule has 0 aliphatic carbocycles. The van der Waals surface area contributed by atoms with Gasteiger partial charge in [0, 0.05) is 22.9 Å². The van der Waals surface area contributed by atoms with Crippen molar-refractivity contribution in [1.82, 2.24) is 0 Å². The zero-order chi connectivity index (χ0) is 39.5. The first-order chi connectivity index (χ1) is 25.4. The van der Waals surface area contributed by atoms with Crippen molar-refractivity contribution in [3.8, 4) is 11.5 Å². The van der Waals surface area contributed by atoms with E-state index in [2.05, 4.69) is 20.5 Å². The zero-order valence-electron chi connectivity index (χ0n) is 28.5. The molecule has 0 radical (unpaired) electrons. The molecule has 6 rings (SSSR count). The van der Waals surface area contributed by atoms with Crippen LogP contribution in [0.4, 0.5) is 34.1 Å². The van der Waals surface area contributed by atoms with Gasteiger partial charge in [-0.05, 0) is 72.1 Å². The fraction of sp³-hybridized carbons (Fsp3) is 0.0588. The van der Waals surface area contributed by atoms with Gasteiger partial charge in [0.05, 0.1) is 19.6 Å². The third kappa shape index (κ3) is 9.75. The molecular formula is C34H26BaN6O12S2+2. The van der Waals surface area contributed by atoms with E-state index in [0.717, 1.165) is 12.1 Å². The average molecular weight is 912 g/mol. The van der Waals surface area contributed by atoms with Crippen LogP contribution < -0.4 is 0 Å². The third-order valence-corrected chi connectivity index (χ3v) is 9.40. The van der Waals surface area contributed by atoms with Gasteiger partial charge in [0.1, 0.15) is 43.1 Å². The molecule has 0 saturated carbocycles. The monoisotopic (exact) mass is 912 g/mol. The van der Waals surface area contributed by atoms with Crippen LogP contribution in [0.1, 0.15) is 11.1 Å². The maximum absolute atomic E-state index is 11.6. The second-order valence-electron chi connectivity index (χ2n) is 11.4. The third-order valence-electron chi connectivity index (χ3n) is 7.65. The predicted molar refractivity (Wildman–Crippen MR) is 194 cm³/mol. The summed E-state index contributed by atoms with van der Waals surface area (Å²) in [5.41, 5.74) is 0.478. The molecule has 276 valence electrons. The Kier molecular flexibility index (Phi) is 13.2. The Hall–Kier alpha value is -5.17. The quantitative estimate of drug-likeness (QED) is 0.0498. The normalized spacial score (nSPS) is 11.7. The van der Waals surface area contributed by atoms with Crippen molar-refractivity contribution in [2.75, 3.05) is 0 Å². The van der Waals surface area contributed by atoms with Crippen molar-refractivity contribution in [3.63, 3.8) is 0 Å². The summed E-state index contributed by atoms with van der Waals surface area (Å²) in [5, 5.41) is 54.6. The maximum Gasteiger partial charge on any atom is 2.00 e. The van der Waals surface area contributed by atoms with Gasteiger partial charge >= 0.3 is 60.3 Å². The molecule has 0 saturated heterocycles. The van der Waals surface area contributed by atoms with Crippen LogP contribution in [0, 0.1) is 23.7 Å². The Morgan fingerprint density at radius 1 is 0.545 bits per heavy atom. The number of hydrogen-bond donors (Lipinski definition) is 4. The first-order valence-corrected chi connectivity index (χ1v) is 18.0. The Balaban J connectivity index is 0.000000240. The van der Waals surface area contributed by atoms with Crippen LogP contribution in [0.2, 0.25) is 0 Å². The van der Waals surface area contributed by atoms with Gasteiger partial charge < -0.3 is 19.3 Å². The van der Waals surface area contributed by atoms with Crippen LogP contribution in [-0.2, 0) is 20.2 Å². The Bertz CT molecular complexity index is 2610. The van der Waals surface area contributed by atoms with E-state index in [1.807, 2.05) is 0 Å². The van der Waals surface area contributed by atoms with E-state index in [-0.39, 0.29) is 104 Å². The number of azo groups is 2. The van der Waals surface area contributed by atoms with Crippen molar-refractivity contribution < 1.29 is 56.4 Å². The summed E-state index contributed by atoms with van der Waals surface area (Å²) in [7, 11) is -9.68. The Morgan fingerprint density at radius 2 is 0.909 bits per heavy atom. The SMILES string of the molecule is Cc1ccc(N=Nc2c(O)ccc3cccc(S(=O)(=O)[O-])c23)c([N+](=O)O)c1.Cc1ccc(N=Nc2c(O)ccc3cccc(S(=O)(=O)[O-])c23)c([N+](=O)O)c1.[Ba+2]. The number of benzene rings is 6. The van der Waals surface area contributed by atoms with Gasteiger partial charge in [0.25, 0.3) is 9.85 Å². The van der Waals surface area contributed by atoms with E-state index in [4.69, 9.17) is 0 Å². The molecule has 0 bridgehead atoms. The average Bonchev–Trinajstić information content (AvgIpc) is 3.10. The van der Waals surface area contributed by atoms with Crippen LogP contribution in [0.5, 0.6) is 11.5 Å². The topological polar surface area (TPSA) is 285 Å². The molecule has 18 nitrogen and oxygen atoms in total. The summed E-state index contributed by atoms with van der Waals surface area (Å²) >= 11 is 0. The minimum Gasteiger partial charge on any atom is -0.744 e. The number of hydrogen-bond acceptors (Lipinski definition) is 14. The molecule has 0 aliphatic rings. The van der Waals surface area contributed by atoms with Crippen LogP contribution in [0.3, 0.4) is 0 Å². The Labute approximate surface area is 351 Å². The number of aromatic hydroxyl groups is 2. The Morgan fingerprint density at radius 3 is 1.24 bits per heavy atom. The van der Waals surface area contributed by atoms with Crippen molar-refractivity contribution in [2.24, 2.45) is 20.5 Å². The van der Waals surface area contributed by atoms with Crippen LogP contribution in [0.15, 0.2) is 127 Å². The minimum absolute atomic E-state index is 0. The van der Waals surface area contributed by atoms with Gasteiger partial charge in [-0.1, -0.05) is 48.5 Å². The van der Waals surface area contributed by atoms with Crippen molar-refractivity contribution in [1.29, 1.82) is 0 Å². The summed E-state index contributed by atoms with van der Waals surface area (Å²) in [5.74, 6) is -0.807. The number of nitrogens with zero attached hydrogens (tertiary/aromatic N) is 6. The van der Waals surface area contributed by atoms with E-state index in [1.54, 1.807) is 38.1 Å². The van der Waals surface area contributed by atoms with Gasteiger partial charge in [-0.2, -0.15) is 0 Å². The smallest absolute Gasteiger partial charge is 0.744 e. The molecule has 6 aromatic carbocycles. The van der Waals surface area contributed by atoms with Gasteiger partial charge in [-0.25, -0.2) is 27.3 Å². The maximum atomic E-state index is 11.6. The van der Waals surface area contributed by atoms with Crippen LogP contribution >= 0.6 is 0 Å². The molecule has 21 heteroatoms. The second kappa shape index (κ2) is 17.1. The van der Waals surface area contributed by atoms with E-state index < -0.39 is 41.5 Å². The largest absolute Gasteiger partial charge is 2.00 e. The number of fused-ring (bicyclic) bond motifs is 2. The predicted octanol–water partition coefficient (Wildman–Crippen LogP) is 7.57. The fourth-order valence-corrected chi connectivity index (χ4v) is 6.62. The van der Waals surface area contributed by atoms with Gasteiger partial charge in [0.2, 0.25) is 0 Å². The van der Waals surface area contributed by atoms with Crippen molar-refractivity contribution in [3.05, 3.63) is 118 Å². The first kappa shape index (κ1) is 42.6. The molecule has 0 amide bonds. The summed E-state index contributed by atoms with van der Waals surface area (Å²) in [6.07, 6.45) is 0. The summed E-state index contributed by atoms with van der Waals surface area (Å²) in [4.78, 5) is 20.7. The first-order valence-electron chi connectivity index (χ1n) is 15.1. The molecule has 0 heterocycles. The molecule has 55 heavy (non-hydrogen) atoms. The fourth-order valence-electron chi connectivity index (χ4n) is 5.20. The molecule has 0 spiro atoms. The number of rotatable bonds is 8. The van der Waals surface area contributed by atoms with E-state index in [0.29, 0.717) is 21.9 Å². The second-order valence-corrected chi connectivity index (χ2v) is 14.1. The van der Waals surface area contributed by atoms with E-state index in [1.165, 1.54) is 60.7 Å². The molecular weight excluding hydrogens is 886 g/mol. The number of phenolic OH excluding ortho intramolecular Hbond substituents is 2. The number of phenols is 2. The van der Waals surface area contributed by atoms with Gasteiger partial charge in [0.15, 0.2) is 11.4 Å². The molecule has 0 aromatic heterocycles. The summed E-state index contributed by atoms with van der Waals surface area (Å²) in [6, 6.07) is 22.3. The van der Waals surface area contributed by atoms with Gasteiger partial charge in [-0.3, -0.25) is 0 Å². The van der Waals surface area contributed by atoms with E-state index in [9.17, 15) is 56.4 Å². The zero-order valence-corrected chi connectivity index (χ0v) is 34.6. The van der Waals surface area contributed by atoms with Crippen molar-refractivity contribution in [2.45, 2.75) is 23.6 Å². The van der Waals surface area contributed by atoms with Crippen molar-refractivity contribution >= 4 is 125 Å². The van der Waals surface area contributed by atoms with E-state index >= 15 is 0 Å². The molecule has 0 unspecified atom stereocenters. The minimum atomic E-state index is -4.84.